The van der Waals surface area contributed by atoms with E-state index in [0.717, 1.165) is 109 Å². The normalized spacial score (nSPS) is 14.7. The minimum Gasteiger partial charge on any atom is -0.481 e. The van der Waals surface area contributed by atoms with Crippen molar-refractivity contribution >= 4 is 11.9 Å². The average Bonchev–Trinajstić information content (AvgIpc) is 2.95. The highest BCUT2D eigenvalue weighted by molar-refractivity contribution is 5.70. The number of aliphatic hydroxyl groups is 2. The first-order valence-corrected chi connectivity index (χ1v) is 17.8. The molecule has 0 spiro atoms. The fourth-order valence-corrected chi connectivity index (χ4v) is 5.95. The van der Waals surface area contributed by atoms with Crippen LogP contribution in [0.5, 0.6) is 0 Å². The molecule has 4 N–H and O–H groups in total. The molecule has 0 fully saturated rings. The maximum absolute atomic E-state index is 12.3. The van der Waals surface area contributed by atoms with Gasteiger partial charge < -0.3 is 20.4 Å². The lowest BCUT2D eigenvalue weighted by molar-refractivity contribution is -0.144. The molecule has 0 aromatic rings. The first-order chi connectivity index (χ1) is 20.3. The Kier molecular flexibility index (Phi) is 28.7. The van der Waals surface area contributed by atoms with Gasteiger partial charge in [0.05, 0.1) is 18.1 Å². The van der Waals surface area contributed by atoms with E-state index in [1.165, 1.54) is 32.1 Å². The third-order valence-corrected chi connectivity index (χ3v) is 8.72. The van der Waals surface area contributed by atoms with Gasteiger partial charge in [-0.2, -0.15) is 0 Å². The van der Waals surface area contributed by atoms with Crippen LogP contribution >= 0.6 is 0 Å². The highest BCUT2D eigenvalue weighted by Crippen LogP contribution is 2.30. The molecule has 0 aromatic carbocycles. The van der Waals surface area contributed by atoms with Crippen molar-refractivity contribution in [2.24, 2.45) is 11.8 Å². The van der Waals surface area contributed by atoms with Crippen LogP contribution in [0.3, 0.4) is 0 Å². The molecule has 0 heterocycles. The monoisotopic (exact) mass is 597 g/mol. The number of unbranched alkanes of at least 4 members (excludes halogenated alkanes) is 14. The van der Waals surface area contributed by atoms with E-state index in [9.17, 15) is 24.9 Å². The van der Waals surface area contributed by atoms with Gasteiger partial charge in [-0.15, -0.1) is 0 Å². The van der Waals surface area contributed by atoms with Crippen LogP contribution in [0.15, 0.2) is 12.2 Å². The molecule has 3 unspecified atom stereocenters. The summed E-state index contributed by atoms with van der Waals surface area (Å²) in [5.41, 5.74) is 0. The Labute approximate surface area is 258 Å². The number of rotatable bonds is 32. The van der Waals surface area contributed by atoms with E-state index in [4.69, 9.17) is 5.11 Å². The van der Waals surface area contributed by atoms with Gasteiger partial charge >= 0.3 is 11.9 Å². The third kappa shape index (κ3) is 26.2. The minimum atomic E-state index is -0.743. The quantitative estimate of drug-likeness (QED) is 0.0454. The second-order valence-corrected chi connectivity index (χ2v) is 12.7. The van der Waals surface area contributed by atoms with Crippen LogP contribution in [0, 0.1) is 11.8 Å². The summed E-state index contributed by atoms with van der Waals surface area (Å²) in [6.45, 7) is 4.38. The number of carboxylic acid groups (broad SMARTS) is 2. The first-order valence-electron chi connectivity index (χ1n) is 17.8. The van der Waals surface area contributed by atoms with Crippen molar-refractivity contribution < 1.29 is 30.0 Å². The molecular formula is C36H68O6. The van der Waals surface area contributed by atoms with Gasteiger partial charge in [-0.05, 0) is 70.1 Å². The number of carbonyl (C=O) groups is 2. The molecular weight excluding hydrogens is 528 g/mol. The van der Waals surface area contributed by atoms with Gasteiger partial charge in [0.15, 0.2) is 0 Å². The number of aliphatic hydroxyl groups excluding tert-OH is 2. The van der Waals surface area contributed by atoms with Crippen molar-refractivity contribution in [2.45, 2.75) is 193 Å². The van der Waals surface area contributed by atoms with Crippen molar-refractivity contribution in [1.29, 1.82) is 0 Å². The molecule has 248 valence electrons. The van der Waals surface area contributed by atoms with E-state index in [1.54, 1.807) is 0 Å². The maximum Gasteiger partial charge on any atom is 0.306 e. The van der Waals surface area contributed by atoms with E-state index in [-0.39, 0.29) is 30.5 Å². The highest BCUT2D eigenvalue weighted by Gasteiger charge is 2.27. The van der Waals surface area contributed by atoms with Crippen molar-refractivity contribution in [3.05, 3.63) is 12.2 Å². The van der Waals surface area contributed by atoms with Crippen LogP contribution in [0.25, 0.3) is 0 Å². The molecule has 0 aliphatic rings. The van der Waals surface area contributed by atoms with Crippen LogP contribution in [-0.4, -0.2) is 44.6 Å². The highest BCUT2D eigenvalue weighted by atomic mass is 16.4. The Morgan fingerprint density at radius 2 is 1.07 bits per heavy atom. The topological polar surface area (TPSA) is 115 Å². The summed E-state index contributed by atoms with van der Waals surface area (Å²) in [5, 5.41) is 39.5. The fraction of sp³-hybridized carbons (Fsp3) is 0.889. The summed E-state index contributed by atoms with van der Waals surface area (Å²) in [4.78, 5) is 23.0. The van der Waals surface area contributed by atoms with Gasteiger partial charge in [0, 0.05) is 6.42 Å². The summed E-state index contributed by atoms with van der Waals surface area (Å²) in [6.07, 6.45) is 28.4. The van der Waals surface area contributed by atoms with Gasteiger partial charge in [-0.1, -0.05) is 122 Å². The zero-order valence-electron chi connectivity index (χ0n) is 27.5. The number of aliphatic carboxylic acids is 2. The molecule has 0 aliphatic heterocycles. The molecule has 4 atom stereocenters. The van der Waals surface area contributed by atoms with E-state index in [2.05, 4.69) is 26.0 Å². The summed E-state index contributed by atoms with van der Waals surface area (Å²) < 4.78 is 0. The molecule has 0 saturated carbocycles. The Morgan fingerprint density at radius 3 is 1.69 bits per heavy atom. The van der Waals surface area contributed by atoms with Gasteiger partial charge in [-0.25, -0.2) is 0 Å². The zero-order chi connectivity index (χ0) is 31.3. The summed E-state index contributed by atoms with van der Waals surface area (Å²) in [7, 11) is 0. The van der Waals surface area contributed by atoms with Crippen molar-refractivity contribution in [1.82, 2.24) is 0 Å². The Bertz CT molecular complexity index is 649. The van der Waals surface area contributed by atoms with Crippen molar-refractivity contribution in [3.8, 4) is 0 Å². The van der Waals surface area contributed by atoms with Crippen LogP contribution in [0.4, 0.5) is 0 Å². The summed E-state index contributed by atoms with van der Waals surface area (Å²) >= 11 is 0. The Hall–Kier alpha value is -1.40. The molecule has 0 radical (unpaired) electrons. The standard InChI is InChI=1S/C36H68O6/c1-3-5-7-18-24-32(37)25-20-14-10-9-11-15-21-27-34(36(41)42)31(23-17-13-12-16-22-28-35(39)40)29-30-33(38)26-19-8-6-4-2/h14,20,31-34,37-38H,3-13,15-19,21-30H2,1-2H3,(H,39,40)(H,41,42)/t31?,32-,33?,34?/m1/s1. The van der Waals surface area contributed by atoms with Gasteiger partial charge in [0.1, 0.15) is 0 Å². The van der Waals surface area contributed by atoms with Crippen LogP contribution in [0.1, 0.15) is 181 Å². The smallest absolute Gasteiger partial charge is 0.306 e. The van der Waals surface area contributed by atoms with E-state index < -0.39 is 11.9 Å². The number of allylic oxidation sites excluding steroid dienone is 1. The largest absolute Gasteiger partial charge is 0.481 e. The molecule has 6 nitrogen and oxygen atoms in total. The molecule has 0 amide bonds. The lowest BCUT2D eigenvalue weighted by Crippen LogP contribution is -2.25. The van der Waals surface area contributed by atoms with Crippen LogP contribution in [0.2, 0.25) is 0 Å². The number of carboxylic acids is 2. The van der Waals surface area contributed by atoms with Crippen molar-refractivity contribution in [2.75, 3.05) is 0 Å². The van der Waals surface area contributed by atoms with E-state index in [0.29, 0.717) is 19.3 Å². The van der Waals surface area contributed by atoms with Crippen LogP contribution in [-0.2, 0) is 9.59 Å². The first kappa shape index (κ1) is 40.6. The zero-order valence-corrected chi connectivity index (χ0v) is 27.5. The van der Waals surface area contributed by atoms with Gasteiger partial charge in [-0.3, -0.25) is 9.59 Å². The van der Waals surface area contributed by atoms with E-state index >= 15 is 0 Å². The maximum atomic E-state index is 12.3. The lowest BCUT2D eigenvalue weighted by atomic mass is 9.80. The third-order valence-electron chi connectivity index (χ3n) is 8.72. The number of hydrogen-bond donors (Lipinski definition) is 4. The molecule has 6 heteroatoms. The molecule has 0 rings (SSSR count). The minimum absolute atomic E-state index is 0.0862. The predicted molar refractivity (Wildman–Crippen MR) is 175 cm³/mol. The second-order valence-electron chi connectivity index (χ2n) is 12.7. The van der Waals surface area contributed by atoms with E-state index in [1.807, 2.05) is 0 Å². The lowest BCUT2D eigenvalue weighted by Gasteiger charge is -2.25. The van der Waals surface area contributed by atoms with Crippen LogP contribution < -0.4 is 0 Å². The fourth-order valence-electron chi connectivity index (χ4n) is 5.95. The Balaban J connectivity index is 4.51. The molecule has 0 bridgehead atoms. The molecule has 0 aliphatic carbocycles. The van der Waals surface area contributed by atoms with Gasteiger partial charge in [0.25, 0.3) is 0 Å². The predicted octanol–water partition coefficient (Wildman–Crippen LogP) is 9.85. The SMILES string of the molecule is CCCCCCC(O)CCC(CCCCCCCC(=O)O)C(CCCCCCC=CC[C@H](O)CCCCCC)C(=O)O. The number of hydrogen-bond acceptors (Lipinski definition) is 4. The van der Waals surface area contributed by atoms with Crippen molar-refractivity contribution in [3.63, 3.8) is 0 Å². The van der Waals surface area contributed by atoms with Gasteiger partial charge in [0.2, 0.25) is 0 Å². The molecule has 0 saturated heterocycles. The molecule has 42 heavy (non-hydrogen) atoms. The second kappa shape index (κ2) is 29.7. The summed E-state index contributed by atoms with van der Waals surface area (Å²) in [6, 6.07) is 0. The Morgan fingerprint density at radius 1 is 0.548 bits per heavy atom. The molecule has 0 aromatic heterocycles. The average molecular weight is 597 g/mol. The summed E-state index contributed by atoms with van der Waals surface area (Å²) in [5.74, 6) is -1.71.